The molecule has 0 radical (unpaired) electrons. The highest BCUT2D eigenvalue weighted by Gasteiger charge is 2.36. The Bertz CT molecular complexity index is 1620. The van der Waals surface area contributed by atoms with Crippen molar-refractivity contribution in [3.63, 3.8) is 0 Å². The van der Waals surface area contributed by atoms with Gasteiger partial charge in [0.25, 0.3) is 11.1 Å². The van der Waals surface area contributed by atoms with Crippen LogP contribution in [0.4, 0.5) is 4.79 Å². The highest BCUT2D eigenvalue weighted by molar-refractivity contribution is 8.18. The van der Waals surface area contributed by atoms with Crippen LogP contribution in [0.5, 0.6) is 11.5 Å². The molecule has 0 saturated carbocycles. The third-order valence-corrected chi connectivity index (χ3v) is 7.23. The second-order valence-electron chi connectivity index (χ2n) is 8.49. The van der Waals surface area contributed by atoms with E-state index in [4.69, 9.17) is 25.5 Å². The largest absolute Gasteiger partial charge is 0.493 e. The molecule has 0 unspecified atom stereocenters. The molecule has 10 heteroatoms. The van der Waals surface area contributed by atoms with Crippen molar-refractivity contribution in [3.8, 4) is 11.5 Å². The van der Waals surface area contributed by atoms with Crippen LogP contribution in [0.2, 0.25) is 5.02 Å². The van der Waals surface area contributed by atoms with E-state index in [9.17, 15) is 14.4 Å². The van der Waals surface area contributed by atoms with Crippen LogP contribution in [0, 0.1) is 0 Å². The lowest BCUT2D eigenvalue weighted by molar-refractivity contribution is -0.123. The third kappa shape index (κ3) is 5.50. The van der Waals surface area contributed by atoms with Crippen molar-refractivity contribution in [2.24, 2.45) is 0 Å². The molecule has 1 aromatic heterocycles. The minimum Gasteiger partial charge on any atom is -0.493 e. The number of thioether (sulfide) groups is 1. The molecule has 1 aliphatic heterocycles. The molecule has 2 heterocycles. The second-order valence-corrected chi connectivity index (χ2v) is 9.89. The Balaban J connectivity index is 1.34. The van der Waals surface area contributed by atoms with Crippen molar-refractivity contribution in [1.82, 2.24) is 4.90 Å². The maximum Gasteiger partial charge on any atom is 0.373 e. The van der Waals surface area contributed by atoms with Gasteiger partial charge in [-0.1, -0.05) is 54.1 Å². The molecule has 8 nitrogen and oxygen atoms in total. The summed E-state index contributed by atoms with van der Waals surface area (Å²) >= 11 is 7.37. The van der Waals surface area contributed by atoms with E-state index >= 15 is 0 Å². The molecular formula is C29H22ClNO7S. The molecule has 0 atom stereocenters. The first kappa shape index (κ1) is 26.4. The van der Waals surface area contributed by atoms with Crippen molar-refractivity contribution in [2.45, 2.75) is 13.2 Å². The number of ether oxygens (including phenoxy) is 3. The minimum absolute atomic E-state index is 0.0143. The first-order valence-electron chi connectivity index (χ1n) is 11.8. The SMILES string of the molecule is COC(=O)c1ccc(CN2C(=O)S/C(=C/c3cc(Cl)c(OCc4cccc5ccccc45)c(OC)c3)C2=O)o1. The van der Waals surface area contributed by atoms with Crippen molar-refractivity contribution in [2.75, 3.05) is 14.2 Å². The lowest BCUT2D eigenvalue weighted by Crippen LogP contribution is -2.27. The highest BCUT2D eigenvalue weighted by Crippen LogP contribution is 2.40. The fourth-order valence-corrected chi connectivity index (χ4v) is 5.26. The van der Waals surface area contributed by atoms with Gasteiger partial charge in [0.05, 0.1) is 30.7 Å². The lowest BCUT2D eigenvalue weighted by Gasteiger charge is -2.14. The van der Waals surface area contributed by atoms with Gasteiger partial charge in [0.15, 0.2) is 11.5 Å². The van der Waals surface area contributed by atoms with Crippen LogP contribution < -0.4 is 9.47 Å². The molecule has 3 aromatic carbocycles. The Labute approximate surface area is 233 Å². The zero-order valence-electron chi connectivity index (χ0n) is 20.9. The Morgan fingerprint density at radius 3 is 2.64 bits per heavy atom. The van der Waals surface area contributed by atoms with Crippen LogP contribution >= 0.6 is 23.4 Å². The van der Waals surface area contributed by atoms with E-state index in [1.165, 1.54) is 26.4 Å². The van der Waals surface area contributed by atoms with E-state index in [2.05, 4.69) is 4.74 Å². The number of benzene rings is 3. The number of imide groups is 1. The minimum atomic E-state index is -0.648. The van der Waals surface area contributed by atoms with Gasteiger partial charge in [-0.15, -0.1) is 0 Å². The quantitative estimate of drug-likeness (QED) is 0.173. The molecule has 2 amide bonds. The zero-order valence-corrected chi connectivity index (χ0v) is 22.5. The van der Waals surface area contributed by atoms with Crippen molar-refractivity contribution in [1.29, 1.82) is 0 Å². The number of nitrogens with zero attached hydrogens (tertiary/aromatic N) is 1. The Morgan fingerprint density at radius 1 is 1.05 bits per heavy atom. The summed E-state index contributed by atoms with van der Waals surface area (Å²) in [6.45, 7) is 0.157. The molecule has 39 heavy (non-hydrogen) atoms. The predicted molar refractivity (Wildman–Crippen MR) is 148 cm³/mol. The monoisotopic (exact) mass is 563 g/mol. The number of carbonyl (C=O) groups is 3. The maximum atomic E-state index is 13.0. The molecule has 198 valence electrons. The number of halogens is 1. The molecule has 1 fully saturated rings. The summed E-state index contributed by atoms with van der Waals surface area (Å²) in [5.74, 6) is -0.121. The number of hydrogen-bond acceptors (Lipinski definition) is 8. The smallest absolute Gasteiger partial charge is 0.373 e. The van der Waals surface area contributed by atoms with E-state index in [-0.39, 0.29) is 29.6 Å². The van der Waals surface area contributed by atoms with Crippen LogP contribution in [-0.4, -0.2) is 36.2 Å². The number of esters is 1. The molecule has 4 aromatic rings. The standard InChI is InChI=1S/C29H22ClNO7S/c1-35-24-13-17(12-22(30)26(24)37-16-19-8-5-7-18-6-3-4-9-21(18)19)14-25-27(32)31(29(34)39-25)15-20-10-11-23(38-20)28(33)36-2/h3-14H,15-16H2,1-2H3/b25-14+. The second kappa shape index (κ2) is 11.3. The van der Waals surface area contributed by atoms with E-state index in [1.807, 2.05) is 42.5 Å². The predicted octanol–water partition coefficient (Wildman–Crippen LogP) is 6.70. The van der Waals surface area contributed by atoms with Gasteiger partial charge in [-0.25, -0.2) is 4.79 Å². The van der Waals surface area contributed by atoms with Gasteiger partial charge in [-0.05, 0) is 64.0 Å². The van der Waals surface area contributed by atoms with Crippen molar-refractivity contribution in [3.05, 3.63) is 99.3 Å². The first-order chi connectivity index (χ1) is 18.9. The zero-order chi connectivity index (χ0) is 27.5. The molecule has 0 aliphatic carbocycles. The summed E-state index contributed by atoms with van der Waals surface area (Å²) in [6.07, 6.45) is 1.57. The van der Waals surface area contributed by atoms with Gasteiger partial charge < -0.3 is 18.6 Å². The molecule has 0 spiro atoms. The van der Waals surface area contributed by atoms with Gasteiger partial charge in [-0.2, -0.15) is 0 Å². The van der Waals surface area contributed by atoms with E-state index in [0.717, 1.165) is 33.0 Å². The summed E-state index contributed by atoms with van der Waals surface area (Å²) in [6, 6.07) is 20.3. The molecular weight excluding hydrogens is 542 g/mol. The number of fused-ring (bicyclic) bond motifs is 1. The molecule has 0 N–H and O–H groups in total. The first-order valence-corrected chi connectivity index (χ1v) is 13.0. The van der Waals surface area contributed by atoms with Crippen molar-refractivity contribution >= 4 is 57.3 Å². The molecule has 1 aliphatic rings. The number of hydrogen-bond donors (Lipinski definition) is 0. The third-order valence-electron chi connectivity index (χ3n) is 6.04. The molecule has 1 saturated heterocycles. The molecule has 0 bridgehead atoms. The number of methoxy groups -OCH3 is 2. The highest BCUT2D eigenvalue weighted by atomic mass is 35.5. The topological polar surface area (TPSA) is 95.3 Å². The van der Waals surface area contributed by atoms with Gasteiger partial charge >= 0.3 is 5.97 Å². The van der Waals surface area contributed by atoms with E-state index in [1.54, 1.807) is 18.2 Å². The Hall–Kier alpha value is -4.21. The number of carbonyl (C=O) groups excluding carboxylic acids is 3. The van der Waals surface area contributed by atoms with E-state index in [0.29, 0.717) is 22.1 Å². The summed E-state index contributed by atoms with van der Waals surface area (Å²) in [5.41, 5.74) is 1.56. The van der Waals surface area contributed by atoms with Crippen LogP contribution in [0.3, 0.4) is 0 Å². The Kier molecular flexibility index (Phi) is 7.63. The Morgan fingerprint density at radius 2 is 1.85 bits per heavy atom. The van der Waals surface area contributed by atoms with Crippen LogP contribution in [-0.2, 0) is 22.7 Å². The normalized spacial score (nSPS) is 14.3. The summed E-state index contributed by atoms with van der Waals surface area (Å²) in [7, 11) is 2.73. The summed E-state index contributed by atoms with van der Waals surface area (Å²) < 4.78 is 21.6. The summed E-state index contributed by atoms with van der Waals surface area (Å²) in [5, 5.41) is 2.02. The van der Waals surface area contributed by atoms with E-state index < -0.39 is 17.1 Å². The number of amides is 2. The lowest BCUT2D eigenvalue weighted by atomic mass is 10.1. The van der Waals surface area contributed by atoms with Crippen LogP contribution in [0.15, 0.2) is 76.1 Å². The fourth-order valence-electron chi connectivity index (χ4n) is 4.15. The fraction of sp³-hybridized carbons (Fsp3) is 0.138. The number of furan rings is 1. The van der Waals surface area contributed by atoms with Crippen molar-refractivity contribution < 1.29 is 33.0 Å². The van der Waals surface area contributed by atoms with Gasteiger partial charge in [0.2, 0.25) is 5.76 Å². The average Bonchev–Trinajstić information content (AvgIpc) is 3.52. The van der Waals surface area contributed by atoms with Gasteiger partial charge in [0.1, 0.15) is 12.4 Å². The average molecular weight is 564 g/mol. The van der Waals surface area contributed by atoms with Gasteiger partial charge in [0, 0.05) is 0 Å². The number of rotatable bonds is 8. The van der Waals surface area contributed by atoms with Crippen LogP contribution in [0.1, 0.15) is 27.4 Å². The summed E-state index contributed by atoms with van der Waals surface area (Å²) in [4.78, 5) is 38.4. The maximum absolute atomic E-state index is 13.0. The van der Waals surface area contributed by atoms with Crippen LogP contribution in [0.25, 0.3) is 16.8 Å². The molecule has 5 rings (SSSR count). The van der Waals surface area contributed by atoms with Gasteiger partial charge in [-0.3, -0.25) is 14.5 Å².